The van der Waals surface area contributed by atoms with Crippen molar-refractivity contribution in [2.75, 3.05) is 0 Å². The first-order valence-electron chi connectivity index (χ1n) is 9.89. The molecule has 4 rings (SSSR count). The molecule has 0 atom stereocenters. The van der Waals surface area contributed by atoms with Gasteiger partial charge in [0.2, 0.25) is 0 Å². The summed E-state index contributed by atoms with van der Waals surface area (Å²) in [7, 11) is -4.20. The molecule has 0 aromatic heterocycles. The van der Waals surface area contributed by atoms with Gasteiger partial charge in [-0.1, -0.05) is 155 Å². The van der Waals surface area contributed by atoms with Gasteiger partial charge in [0, 0.05) is 0 Å². The lowest BCUT2D eigenvalue weighted by Crippen LogP contribution is -2.84. The summed E-state index contributed by atoms with van der Waals surface area (Å²) in [6.45, 7) is 5.14. The van der Waals surface area contributed by atoms with Crippen molar-refractivity contribution < 1.29 is 0 Å². The summed E-state index contributed by atoms with van der Waals surface area (Å²) >= 11 is 0. The molecule has 0 radical (unpaired) electrons. The highest BCUT2D eigenvalue weighted by molar-refractivity contribution is 7.59. The molecule has 0 saturated carbocycles. The molecule has 0 unspecified atom stereocenters. The predicted octanol–water partition coefficient (Wildman–Crippen LogP) is 3.85. The molecule has 0 heterocycles. The standard InChI is InChI=1S/C26H26Si2/c1-27(2,23-15-7-3-8-16-23)28(24-17-9-4-10-18-24,25-19-11-5-12-20-25)26-21-13-6-14-22-26/h3-22H,1-2H3. The van der Waals surface area contributed by atoms with Gasteiger partial charge in [-0.25, -0.2) is 0 Å². The third-order valence-corrected chi connectivity index (χ3v) is 22.4. The van der Waals surface area contributed by atoms with E-state index in [-0.39, 0.29) is 0 Å². The fraction of sp³-hybridized carbons (Fsp3) is 0.0769. The average Bonchev–Trinajstić information content (AvgIpc) is 2.77. The van der Waals surface area contributed by atoms with Crippen molar-refractivity contribution in [3.8, 4) is 0 Å². The molecule has 0 bridgehead atoms. The molecule has 0 saturated heterocycles. The smallest absolute Gasteiger partial charge is 0.0665 e. The van der Waals surface area contributed by atoms with Crippen LogP contribution < -0.4 is 20.7 Å². The van der Waals surface area contributed by atoms with Crippen LogP contribution in [-0.2, 0) is 0 Å². The summed E-state index contributed by atoms with van der Waals surface area (Å²) in [5.74, 6) is 0. The van der Waals surface area contributed by atoms with Gasteiger partial charge in [0.25, 0.3) is 0 Å². The second-order valence-electron chi connectivity index (χ2n) is 7.84. The Morgan fingerprint density at radius 1 is 0.357 bits per heavy atom. The third kappa shape index (κ3) is 2.99. The summed E-state index contributed by atoms with van der Waals surface area (Å²) in [6.07, 6.45) is 0. The Morgan fingerprint density at radius 2 is 0.607 bits per heavy atom. The summed E-state index contributed by atoms with van der Waals surface area (Å²) in [5, 5.41) is 6.05. The van der Waals surface area contributed by atoms with Gasteiger partial charge in [-0.3, -0.25) is 0 Å². The van der Waals surface area contributed by atoms with E-state index in [9.17, 15) is 0 Å². The SMILES string of the molecule is C[Si](C)(c1ccccc1)[Si](c1ccccc1)(c1ccccc1)c1ccccc1. The monoisotopic (exact) mass is 394 g/mol. The summed E-state index contributed by atoms with van der Waals surface area (Å²) in [5.41, 5.74) is 0. The zero-order valence-corrected chi connectivity index (χ0v) is 18.5. The first-order valence-corrected chi connectivity index (χ1v) is 15.9. The van der Waals surface area contributed by atoms with E-state index >= 15 is 0 Å². The average molecular weight is 395 g/mol. The van der Waals surface area contributed by atoms with E-state index in [2.05, 4.69) is 134 Å². The van der Waals surface area contributed by atoms with Crippen LogP contribution in [-0.4, -0.2) is 15.2 Å². The fourth-order valence-electron chi connectivity index (χ4n) is 4.72. The van der Waals surface area contributed by atoms with E-state index in [0.29, 0.717) is 0 Å². The normalized spacial score (nSPS) is 11.9. The molecular weight excluding hydrogens is 368 g/mol. The van der Waals surface area contributed by atoms with Gasteiger partial charge in [0.05, 0.1) is 7.59 Å². The Bertz CT molecular complexity index is 914. The number of benzene rings is 4. The van der Waals surface area contributed by atoms with Crippen molar-refractivity contribution in [1.29, 1.82) is 0 Å². The molecule has 0 nitrogen and oxygen atoms in total. The topological polar surface area (TPSA) is 0 Å². The predicted molar refractivity (Wildman–Crippen MR) is 128 cm³/mol. The highest BCUT2D eigenvalue weighted by Gasteiger charge is 2.53. The fourth-order valence-corrected chi connectivity index (χ4v) is 21.2. The van der Waals surface area contributed by atoms with Gasteiger partial charge in [0.1, 0.15) is 7.59 Å². The summed E-state index contributed by atoms with van der Waals surface area (Å²) in [4.78, 5) is 0. The van der Waals surface area contributed by atoms with Crippen molar-refractivity contribution in [2.24, 2.45) is 0 Å². The Balaban J connectivity index is 2.14. The molecule has 0 aliphatic rings. The van der Waals surface area contributed by atoms with Crippen LogP contribution in [0.25, 0.3) is 0 Å². The number of rotatable bonds is 5. The van der Waals surface area contributed by atoms with Crippen LogP contribution in [0.1, 0.15) is 0 Å². The maximum Gasteiger partial charge on any atom is 0.144 e. The zero-order chi connectivity index (χ0) is 19.5. The minimum absolute atomic E-state index is 1.51. The van der Waals surface area contributed by atoms with Gasteiger partial charge >= 0.3 is 0 Å². The minimum atomic E-state index is -2.25. The summed E-state index contributed by atoms with van der Waals surface area (Å²) in [6, 6.07) is 45.1. The Morgan fingerprint density at radius 3 is 0.893 bits per heavy atom. The maximum atomic E-state index is 2.57. The Hall–Kier alpha value is -2.69. The maximum absolute atomic E-state index is 2.57. The van der Waals surface area contributed by atoms with E-state index in [4.69, 9.17) is 0 Å². The first-order chi connectivity index (χ1) is 13.7. The second kappa shape index (κ2) is 7.74. The van der Waals surface area contributed by atoms with Gasteiger partial charge in [0.15, 0.2) is 0 Å². The van der Waals surface area contributed by atoms with Crippen LogP contribution in [0.3, 0.4) is 0 Å². The van der Waals surface area contributed by atoms with Crippen LogP contribution in [0.2, 0.25) is 13.1 Å². The molecule has 0 fully saturated rings. The highest BCUT2D eigenvalue weighted by Crippen LogP contribution is 2.21. The molecule has 4 aromatic rings. The first kappa shape index (κ1) is 18.7. The Kier molecular flexibility index (Phi) is 5.16. The molecule has 138 valence electrons. The van der Waals surface area contributed by atoms with Crippen LogP contribution in [0.5, 0.6) is 0 Å². The van der Waals surface area contributed by atoms with Crippen LogP contribution >= 0.6 is 0 Å². The van der Waals surface area contributed by atoms with Crippen molar-refractivity contribution in [3.05, 3.63) is 121 Å². The zero-order valence-electron chi connectivity index (χ0n) is 16.5. The van der Waals surface area contributed by atoms with E-state index in [1.807, 2.05) is 0 Å². The van der Waals surface area contributed by atoms with Crippen LogP contribution in [0.15, 0.2) is 121 Å². The quantitative estimate of drug-likeness (QED) is 0.356. The molecule has 2 heteroatoms. The lowest BCUT2D eigenvalue weighted by Gasteiger charge is -2.45. The van der Waals surface area contributed by atoms with Crippen molar-refractivity contribution in [1.82, 2.24) is 0 Å². The molecule has 0 N–H and O–H groups in total. The molecule has 0 aliphatic carbocycles. The molecule has 4 aromatic carbocycles. The van der Waals surface area contributed by atoms with E-state index in [0.717, 1.165) is 0 Å². The van der Waals surface area contributed by atoms with Crippen molar-refractivity contribution in [2.45, 2.75) is 13.1 Å². The third-order valence-electron chi connectivity index (χ3n) is 6.05. The van der Waals surface area contributed by atoms with Crippen LogP contribution in [0.4, 0.5) is 0 Å². The van der Waals surface area contributed by atoms with E-state index in [1.54, 1.807) is 0 Å². The lowest BCUT2D eigenvalue weighted by molar-refractivity contribution is 1.67. The lowest BCUT2D eigenvalue weighted by atomic mass is 10.3. The van der Waals surface area contributed by atoms with Gasteiger partial charge in [-0.05, 0) is 0 Å². The molecule has 0 spiro atoms. The Labute approximate surface area is 170 Å². The van der Waals surface area contributed by atoms with Gasteiger partial charge < -0.3 is 0 Å². The molecule has 28 heavy (non-hydrogen) atoms. The molecule has 0 amide bonds. The van der Waals surface area contributed by atoms with E-state index in [1.165, 1.54) is 20.7 Å². The second-order valence-corrected chi connectivity index (χ2v) is 20.9. The molecule has 0 aliphatic heterocycles. The summed E-state index contributed by atoms with van der Waals surface area (Å²) < 4.78 is 0. The van der Waals surface area contributed by atoms with Gasteiger partial charge in [-0.2, -0.15) is 0 Å². The number of hydrogen-bond acceptors (Lipinski definition) is 0. The van der Waals surface area contributed by atoms with Crippen molar-refractivity contribution >= 4 is 35.9 Å². The highest BCUT2D eigenvalue weighted by atomic mass is 29.3. The van der Waals surface area contributed by atoms with Crippen molar-refractivity contribution in [3.63, 3.8) is 0 Å². The van der Waals surface area contributed by atoms with E-state index < -0.39 is 15.2 Å². The minimum Gasteiger partial charge on any atom is -0.0665 e. The van der Waals surface area contributed by atoms with Crippen LogP contribution in [0, 0.1) is 0 Å². The van der Waals surface area contributed by atoms with Gasteiger partial charge in [-0.15, -0.1) is 0 Å². The largest absolute Gasteiger partial charge is 0.144 e. The number of hydrogen-bond donors (Lipinski definition) is 0. The molecular formula is C26H26Si2.